The number of hydrogen-bond donors (Lipinski definition) is 1. The van der Waals surface area contributed by atoms with Crippen LogP contribution in [0.25, 0.3) is 0 Å². The maximum absolute atomic E-state index is 12.0. The number of nitrogens with zero attached hydrogens (tertiary/aromatic N) is 2. The number of carbonyl (C=O) groups is 1. The third-order valence-corrected chi connectivity index (χ3v) is 3.12. The summed E-state index contributed by atoms with van der Waals surface area (Å²) in [5.41, 5.74) is 0.474. The fourth-order valence-electron chi connectivity index (χ4n) is 1.40. The molecule has 0 aliphatic carbocycles. The predicted octanol–water partition coefficient (Wildman–Crippen LogP) is 3.15. The fraction of sp³-hybridized carbons (Fsp3) is 0.0833. The molecule has 1 aromatic carbocycles. The molecule has 1 heterocycles. The molecule has 7 heteroatoms. The van der Waals surface area contributed by atoms with Crippen LogP contribution in [-0.4, -0.2) is 23.0 Å². The van der Waals surface area contributed by atoms with Gasteiger partial charge in [-0.2, -0.15) is 0 Å². The lowest BCUT2D eigenvalue weighted by Gasteiger charge is -2.07. The molecule has 19 heavy (non-hydrogen) atoms. The van der Waals surface area contributed by atoms with Crippen molar-refractivity contribution in [1.29, 1.82) is 0 Å². The summed E-state index contributed by atoms with van der Waals surface area (Å²) in [6.45, 7) is 0. The molecule has 1 N–H and O–H groups in total. The highest BCUT2D eigenvalue weighted by Gasteiger charge is 2.10. The molecular weight excluding hydrogens is 334 g/mol. The number of nitrogens with one attached hydrogen (secondary N) is 1. The number of halogens is 2. The van der Waals surface area contributed by atoms with Gasteiger partial charge in [-0.15, -0.1) is 0 Å². The molecule has 0 radical (unpaired) electrons. The van der Waals surface area contributed by atoms with Crippen LogP contribution in [0.4, 0.5) is 5.82 Å². The Hall–Kier alpha value is -1.66. The monoisotopic (exact) mass is 341 g/mol. The van der Waals surface area contributed by atoms with Crippen LogP contribution in [0, 0.1) is 0 Å². The summed E-state index contributed by atoms with van der Waals surface area (Å²) < 4.78 is 5.79. The number of methoxy groups -OCH3 is 1. The van der Waals surface area contributed by atoms with E-state index >= 15 is 0 Å². The first kappa shape index (κ1) is 13.8. The summed E-state index contributed by atoms with van der Waals surface area (Å²) in [6.07, 6.45) is 1.28. The van der Waals surface area contributed by atoms with E-state index in [0.29, 0.717) is 21.6 Å². The van der Waals surface area contributed by atoms with Crippen LogP contribution in [0.5, 0.6) is 5.75 Å². The van der Waals surface area contributed by atoms with Crippen molar-refractivity contribution in [2.75, 3.05) is 12.4 Å². The van der Waals surface area contributed by atoms with Crippen molar-refractivity contribution in [3.05, 3.63) is 45.8 Å². The van der Waals surface area contributed by atoms with Gasteiger partial charge in [0, 0.05) is 11.6 Å². The van der Waals surface area contributed by atoms with E-state index in [1.54, 1.807) is 25.3 Å². The molecule has 1 amide bonds. The Morgan fingerprint density at radius 1 is 1.37 bits per heavy atom. The van der Waals surface area contributed by atoms with E-state index in [0.717, 1.165) is 0 Å². The number of amides is 1. The van der Waals surface area contributed by atoms with E-state index < -0.39 is 0 Å². The number of ether oxygens (including phenoxy) is 1. The molecule has 0 spiro atoms. The van der Waals surface area contributed by atoms with Crippen molar-refractivity contribution in [1.82, 2.24) is 9.97 Å². The third kappa shape index (κ3) is 3.42. The molecule has 0 unspecified atom stereocenters. The van der Waals surface area contributed by atoms with E-state index in [4.69, 9.17) is 16.3 Å². The van der Waals surface area contributed by atoms with Crippen LogP contribution in [-0.2, 0) is 0 Å². The lowest BCUT2D eigenvalue weighted by atomic mass is 10.2. The first-order valence-electron chi connectivity index (χ1n) is 5.22. The van der Waals surface area contributed by atoms with Crippen LogP contribution < -0.4 is 10.1 Å². The van der Waals surface area contributed by atoms with E-state index in [1.165, 1.54) is 12.4 Å². The standard InChI is InChI=1S/C12H9BrClN3O2/c1-19-9-3-2-7(4-8(9)13)12(18)17-11-5-10(14)15-6-16-11/h2-6H,1H3,(H,15,16,17,18). The Kier molecular flexibility index (Phi) is 4.34. The highest BCUT2D eigenvalue weighted by molar-refractivity contribution is 9.10. The van der Waals surface area contributed by atoms with Gasteiger partial charge in [0.2, 0.25) is 0 Å². The van der Waals surface area contributed by atoms with Crippen LogP contribution in [0.15, 0.2) is 35.1 Å². The lowest BCUT2D eigenvalue weighted by Crippen LogP contribution is -2.13. The smallest absolute Gasteiger partial charge is 0.256 e. The number of carbonyl (C=O) groups excluding carboxylic acids is 1. The summed E-state index contributed by atoms with van der Waals surface area (Å²) in [5, 5.41) is 2.89. The summed E-state index contributed by atoms with van der Waals surface area (Å²) in [4.78, 5) is 19.6. The molecule has 5 nitrogen and oxygen atoms in total. The molecule has 0 fully saturated rings. The Morgan fingerprint density at radius 2 is 2.16 bits per heavy atom. The summed E-state index contributed by atoms with van der Waals surface area (Å²) in [7, 11) is 1.56. The van der Waals surface area contributed by atoms with Crippen molar-refractivity contribution < 1.29 is 9.53 Å². The van der Waals surface area contributed by atoms with E-state index in [1.807, 2.05) is 0 Å². The Morgan fingerprint density at radius 3 is 2.79 bits per heavy atom. The van der Waals surface area contributed by atoms with Gasteiger partial charge in [0.25, 0.3) is 5.91 Å². The van der Waals surface area contributed by atoms with E-state index in [9.17, 15) is 4.79 Å². The van der Waals surface area contributed by atoms with Gasteiger partial charge in [0.05, 0.1) is 11.6 Å². The maximum Gasteiger partial charge on any atom is 0.256 e. The molecule has 98 valence electrons. The van der Waals surface area contributed by atoms with Gasteiger partial charge in [0.1, 0.15) is 23.0 Å². The summed E-state index contributed by atoms with van der Waals surface area (Å²) >= 11 is 9.03. The second-order valence-corrected chi connectivity index (χ2v) is 4.77. The van der Waals surface area contributed by atoms with Gasteiger partial charge in [-0.05, 0) is 34.1 Å². The quantitative estimate of drug-likeness (QED) is 0.870. The normalized spacial score (nSPS) is 10.1. The third-order valence-electron chi connectivity index (χ3n) is 2.29. The van der Waals surface area contributed by atoms with Crippen molar-refractivity contribution >= 4 is 39.3 Å². The van der Waals surface area contributed by atoms with Crippen LogP contribution >= 0.6 is 27.5 Å². The molecule has 0 bridgehead atoms. The van der Waals surface area contributed by atoms with Crippen LogP contribution in [0.2, 0.25) is 5.15 Å². The SMILES string of the molecule is COc1ccc(C(=O)Nc2cc(Cl)ncn2)cc1Br. The molecule has 2 aromatic rings. The zero-order chi connectivity index (χ0) is 13.8. The second-order valence-electron chi connectivity index (χ2n) is 3.53. The minimum absolute atomic E-state index is 0.265. The molecule has 0 saturated carbocycles. The van der Waals surface area contributed by atoms with Crippen LogP contribution in [0.3, 0.4) is 0 Å². The van der Waals surface area contributed by atoms with Crippen molar-refractivity contribution in [2.45, 2.75) is 0 Å². The molecule has 0 atom stereocenters. The minimum Gasteiger partial charge on any atom is -0.496 e. The second kappa shape index (κ2) is 5.99. The average Bonchev–Trinajstić information content (AvgIpc) is 2.38. The maximum atomic E-state index is 12.0. The highest BCUT2D eigenvalue weighted by Crippen LogP contribution is 2.25. The summed E-state index contributed by atoms with van der Waals surface area (Å²) in [5.74, 6) is 0.705. The largest absolute Gasteiger partial charge is 0.496 e. The van der Waals surface area contributed by atoms with Crippen molar-refractivity contribution in [3.63, 3.8) is 0 Å². The molecule has 1 aromatic heterocycles. The first-order chi connectivity index (χ1) is 9.10. The van der Waals surface area contributed by atoms with Gasteiger partial charge < -0.3 is 10.1 Å². The molecule has 0 saturated heterocycles. The Bertz CT molecular complexity index is 622. The van der Waals surface area contributed by atoms with Gasteiger partial charge in [-0.3, -0.25) is 4.79 Å². The average molecular weight is 343 g/mol. The van der Waals surface area contributed by atoms with Gasteiger partial charge in [-0.25, -0.2) is 9.97 Å². The zero-order valence-corrected chi connectivity index (χ0v) is 12.2. The van der Waals surface area contributed by atoms with E-state index in [-0.39, 0.29) is 11.1 Å². The molecular formula is C12H9BrClN3O2. The van der Waals surface area contributed by atoms with Crippen molar-refractivity contribution in [3.8, 4) is 5.75 Å². The Balaban J connectivity index is 2.18. The Labute approximate surface area is 123 Å². The highest BCUT2D eigenvalue weighted by atomic mass is 79.9. The number of hydrogen-bond acceptors (Lipinski definition) is 4. The van der Waals surface area contributed by atoms with Gasteiger partial charge in [0.15, 0.2) is 0 Å². The van der Waals surface area contributed by atoms with E-state index in [2.05, 4.69) is 31.2 Å². The predicted molar refractivity (Wildman–Crippen MR) is 75.7 cm³/mol. The summed E-state index contributed by atoms with van der Waals surface area (Å²) in [6, 6.07) is 6.49. The van der Waals surface area contributed by atoms with Crippen molar-refractivity contribution in [2.24, 2.45) is 0 Å². The number of rotatable bonds is 3. The number of benzene rings is 1. The minimum atomic E-state index is -0.293. The molecule has 2 rings (SSSR count). The number of anilines is 1. The fourth-order valence-corrected chi connectivity index (χ4v) is 2.09. The molecule has 0 aliphatic rings. The topological polar surface area (TPSA) is 64.1 Å². The van der Waals surface area contributed by atoms with Gasteiger partial charge in [-0.1, -0.05) is 11.6 Å². The molecule has 0 aliphatic heterocycles. The van der Waals surface area contributed by atoms with Crippen LogP contribution in [0.1, 0.15) is 10.4 Å². The zero-order valence-electron chi connectivity index (χ0n) is 9.85. The lowest BCUT2D eigenvalue weighted by molar-refractivity contribution is 0.102. The number of aromatic nitrogens is 2. The van der Waals surface area contributed by atoms with Gasteiger partial charge >= 0.3 is 0 Å². The first-order valence-corrected chi connectivity index (χ1v) is 6.39.